The van der Waals surface area contributed by atoms with E-state index in [0.717, 1.165) is 6.26 Å². The zero-order valence-electron chi connectivity index (χ0n) is 7.52. The molecule has 0 bridgehead atoms. The Kier molecular flexibility index (Phi) is 4.89. The molecule has 0 radical (unpaired) electrons. The van der Waals surface area contributed by atoms with Crippen molar-refractivity contribution < 1.29 is 22.1 Å². The average Bonchev–Trinajstić information content (AvgIpc) is 2.03. The molecule has 0 amide bonds. The summed E-state index contributed by atoms with van der Waals surface area (Å²) in [5, 5.41) is 0. The van der Waals surface area contributed by atoms with Gasteiger partial charge in [0.05, 0.1) is 25.9 Å². The van der Waals surface area contributed by atoms with Crippen LogP contribution in [0.1, 0.15) is 0 Å². The summed E-state index contributed by atoms with van der Waals surface area (Å²) in [5.41, 5.74) is 5.20. The smallest absolute Gasteiger partial charge is 0.312 e. The van der Waals surface area contributed by atoms with Crippen molar-refractivity contribution in [3.63, 3.8) is 0 Å². The summed E-state index contributed by atoms with van der Waals surface area (Å²) in [4.78, 5) is 10.9. The van der Waals surface area contributed by atoms with Crippen molar-refractivity contribution in [2.45, 2.75) is 0 Å². The first-order valence-electron chi connectivity index (χ1n) is 3.53. The molecule has 0 saturated carbocycles. The van der Waals surface area contributed by atoms with Gasteiger partial charge in [-0.05, 0) is 0 Å². The molecule has 0 aliphatic carbocycles. The molecule has 78 valence electrons. The van der Waals surface area contributed by atoms with E-state index in [2.05, 4.69) is 8.92 Å². The Morgan fingerprint density at radius 1 is 1.54 bits per heavy atom. The van der Waals surface area contributed by atoms with Crippen molar-refractivity contribution in [3.05, 3.63) is 0 Å². The standard InChI is InChI=1S/C6H13NO5S/c1-11-6(8)5(3-7)4-12-13(2,9)10/h5H,3-4,7H2,1-2H3. The van der Waals surface area contributed by atoms with Crippen molar-refractivity contribution >= 4 is 16.1 Å². The molecule has 13 heavy (non-hydrogen) atoms. The summed E-state index contributed by atoms with van der Waals surface area (Å²) in [6.45, 7) is -0.287. The maximum absolute atomic E-state index is 10.9. The fourth-order valence-electron chi connectivity index (χ4n) is 0.605. The molecule has 0 heterocycles. The first-order chi connectivity index (χ1) is 5.90. The van der Waals surface area contributed by atoms with Crippen molar-refractivity contribution in [2.75, 3.05) is 26.5 Å². The minimum atomic E-state index is -3.53. The van der Waals surface area contributed by atoms with Crippen LogP contribution >= 0.6 is 0 Å². The Balaban J connectivity index is 4.08. The second-order valence-electron chi connectivity index (χ2n) is 2.44. The van der Waals surface area contributed by atoms with Crippen LogP contribution in [0.2, 0.25) is 0 Å². The molecule has 0 aromatic carbocycles. The van der Waals surface area contributed by atoms with E-state index < -0.39 is 22.0 Å². The largest absolute Gasteiger partial charge is 0.469 e. The Morgan fingerprint density at radius 2 is 2.08 bits per heavy atom. The topological polar surface area (TPSA) is 95.7 Å². The lowest BCUT2D eigenvalue weighted by Gasteiger charge is -2.10. The number of rotatable bonds is 5. The number of carbonyl (C=O) groups excluding carboxylic acids is 1. The molecular weight excluding hydrogens is 198 g/mol. The first kappa shape index (κ1) is 12.3. The van der Waals surface area contributed by atoms with E-state index in [9.17, 15) is 13.2 Å². The summed E-state index contributed by atoms with van der Waals surface area (Å²) in [5.74, 6) is -1.31. The number of ether oxygens (including phenoxy) is 1. The average molecular weight is 211 g/mol. The van der Waals surface area contributed by atoms with E-state index in [4.69, 9.17) is 5.73 Å². The summed E-state index contributed by atoms with van der Waals surface area (Å²) < 4.78 is 29.9. The summed E-state index contributed by atoms with van der Waals surface area (Å²) in [6, 6.07) is 0. The normalized spacial score (nSPS) is 13.8. The lowest BCUT2D eigenvalue weighted by Crippen LogP contribution is -2.30. The molecule has 7 heteroatoms. The van der Waals surface area contributed by atoms with Gasteiger partial charge in [0.1, 0.15) is 0 Å². The highest BCUT2D eigenvalue weighted by Gasteiger charge is 2.19. The van der Waals surface area contributed by atoms with E-state index in [1.807, 2.05) is 0 Å². The Hall–Kier alpha value is -0.660. The maximum atomic E-state index is 10.9. The number of hydrogen-bond acceptors (Lipinski definition) is 6. The molecule has 2 N–H and O–H groups in total. The lowest BCUT2D eigenvalue weighted by atomic mass is 10.2. The highest BCUT2D eigenvalue weighted by Crippen LogP contribution is 2.00. The van der Waals surface area contributed by atoms with Crippen LogP contribution < -0.4 is 5.73 Å². The molecule has 0 fully saturated rings. The van der Waals surface area contributed by atoms with Crippen LogP contribution in [-0.2, 0) is 23.8 Å². The maximum Gasteiger partial charge on any atom is 0.312 e. The third-order valence-corrected chi connectivity index (χ3v) is 1.87. The molecule has 1 atom stereocenters. The molecule has 0 rings (SSSR count). The molecular formula is C6H13NO5S. The molecule has 1 unspecified atom stereocenters. The molecule has 6 nitrogen and oxygen atoms in total. The van der Waals surface area contributed by atoms with Crippen molar-refractivity contribution in [1.29, 1.82) is 0 Å². The van der Waals surface area contributed by atoms with Crippen LogP contribution in [0.4, 0.5) is 0 Å². The lowest BCUT2D eigenvalue weighted by molar-refractivity contribution is -0.145. The van der Waals surface area contributed by atoms with Crippen LogP contribution in [0.5, 0.6) is 0 Å². The van der Waals surface area contributed by atoms with Gasteiger partial charge >= 0.3 is 5.97 Å². The highest BCUT2D eigenvalue weighted by atomic mass is 32.2. The van der Waals surface area contributed by atoms with E-state index >= 15 is 0 Å². The predicted octanol–water partition coefficient (Wildman–Crippen LogP) is -1.29. The molecule has 0 saturated heterocycles. The van der Waals surface area contributed by atoms with Crippen LogP contribution in [0.25, 0.3) is 0 Å². The van der Waals surface area contributed by atoms with Crippen LogP contribution in [0.15, 0.2) is 0 Å². The predicted molar refractivity (Wildman–Crippen MR) is 45.4 cm³/mol. The van der Waals surface area contributed by atoms with Gasteiger partial charge in [0, 0.05) is 6.54 Å². The summed E-state index contributed by atoms with van der Waals surface area (Å²) in [7, 11) is -2.33. The van der Waals surface area contributed by atoms with Crippen molar-refractivity contribution in [1.82, 2.24) is 0 Å². The van der Waals surface area contributed by atoms with Gasteiger partial charge in [0.15, 0.2) is 0 Å². The van der Waals surface area contributed by atoms with E-state index in [0.29, 0.717) is 0 Å². The number of hydrogen-bond donors (Lipinski definition) is 1. The minimum absolute atomic E-state index is 0.0117. The third kappa shape index (κ3) is 5.56. The molecule has 0 aliphatic heterocycles. The van der Waals surface area contributed by atoms with Gasteiger partial charge < -0.3 is 10.5 Å². The van der Waals surface area contributed by atoms with Gasteiger partial charge in [-0.3, -0.25) is 8.98 Å². The Labute approximate surface area is 77.1 Å². The summed E-state index contributed by atoms with van der Waals surface area (Å²) in [6.07, 6.45) is 0.901. The zero-order valence-corrected chi connectivity index (χ0v) is 8.33. The molecule has 0 aromatic rings. The fraction of sp³-hybridized carbons (Fsp3) is 0.833. The van der Waals surface area contributed by atoms with E-state index in [-0.39, 0.29) is 13.2 Å². The monoisotopic (exact) mass is 211 g/mol. The number of nitrogens with two attached hydrogens (primary N) is 1. The Bertz CT molecular complexity index is 260. The third-order valence-electron chi connectivity index (χ3n) is 1.30. The van der Waals surface area contributed by atoms with Crippen molar-refractivity contribution in [3.8, 4) is 0 Å². The van der Waals surface area contributed by atoms with Gasteiger partial charge in [0.2, 0.25) is 0 Å². The van der Waals surface area contributed by atoms with Gasteiger partial charge in [0.25, 0.3) is 10.1 Å². The Morgan fingerprint density at radius 3 is 2.38 bits per heavy atom. The van der Waals surface area contributed by atoms with Gasteiger partial charge in [-0.25, -0.2) is 0 Å². The zero-order chi connectivity index (χ0) is 10.5. The number of methoxy groups -OCH3 is 1. The summed E-state index contributed by atoms with van der Waals surface area (Å²) >= 11 is 0. The quantitative estimate of drug-likeness (QED) is 0.449. The van der Waals surface area contributed by atoms with Gasteiger partial charge in [-0.15, -0.1) is 0 Å². The molecule has 0 aliphatic rings. The first-order valence-corrected chi connectivity index (χ1v) is 5.34. The second-order valence-corrected chi connectivity index (χ2v) is 4.09. The number of carbonyl (C=O) groups is 1. The van der Waals surface area contributed by atoms with Crippen LogP contribution in [0, 0.1) is 5.92 Å². The fourth-order valence-corrected chi connectivity index (χ4v) is 1.02. The second kappa shape index (κ2) is 5.15. The van der Waals surface area contributed by atoms with Crippen LogP contribution in [0.3, 0.4) is 0 Å². The highest BCUT2D eigenvalue weighted by molar-refractivity contribution is 7.85. The van der Waals surface area contributed by atoms with Gasteiger partial charge in [-0.2, -0.15) is 8.42 Å². The van der Waals surface area contributed by atoms with Crippen LogP contribution in [-0.4, -0.2) is 40.9 Å². The molecule has 0 aromatic heterocycles. The van der Waals surface area contributed by atoms with E-state index in [1.165, 1.54) is 7.11 Å². The SMILES string of the molecule is COC(=O)C(CN)COS(C)(=O)=O. The minimum Gasteiger partial charge on any atom is -0.469 e. The van der Waals surface area contributed by atoms with E-state index in [1.54, 1.807) is 0 Å². The van der Waals surface area contributed by atoms with Crippen molar-refractivity contribution in [2.24, 2.45) is 11.7 Å². The molecule has 0 spiro atoms. The van der Waals surface area contributed by atoms with Gasteiger partial charge in [-0.1, -0.05) is 0 Å². The number of esters is 1.